The van der Waals surface area contributed by atoms with E-state index in [1.54, 1.807) is 5.51 Å². The summed E-state index contributed by atoms with van der Waals surface area (Å²) in [5.74, 6) is -0.0411. The van der Waals surface area contributed by atoms with Gasteiger partial charge in [0.25, 0.3) is 0 Å². The fourth-order valence-electron chi connectivity index (χ4n) is 2.56. The standard InChI is InChI=1S/C16H19N3O2S/c1-10-7-11(2)15(12(3)8-10)13(20)5-4-6-14(21)18-16-19-17-9-22-16/h7-9H,4-6H2,1-3H3,(H,18,19,21). The molecule has 0 atom stereocenters. The number of nitrogens with zero attached hydrogens (tertiary/aromatic N) is 2. The van der Waals surface area contributed by atoms with Crippen LogP contribution in [0, 0.1) is 20.8 Å². The summed E-state index contributed by atoms with van der Waals surface area (Å²) in [4.78, 5) is 24.1. The molecule has 1 aromatic carbocycles. The number of carbonyl (C=O) groups excluding carboxylic acids is 2. The van der Waals surface area contributed by atoms with Crippen LogP contribution < -0.4 is 5.32 Å². The number of nitrogens with one attached hydrogen (secondary N) is 1. The molecular weight excluding hydrogens is 298 g/mol. The predicted molar refractivity (Wildman–Crippen MR) is 87.4 cm³/mol. The second kappa shape index (κ2) is 7.26. The van der Waals surface area contributed by atoms with Gasteiger partial charge >= 0.3 is 0 Å². The number of hydrogen-bond donors (Lipinski definition) is 1. The number of aromatic nitrogens is 2. The Labute approximate surface area is 133 Å². The molecule has 0 unspecified atom stereocenters. The van der Waals surface area contributed by atoms with E-state index in [4.69, 9.17) is 0 Å². The topological polar surface area (TPSA) is 72.0 Å². The molecule has 1 heterocycles. The van der Waals surface area contributed by atoms with Gasteiger partial charge in [-0.3, -0.25) is 9.59 Å². The normalized spacial score (nSPS) is 10.5. The highest BCUT2D eigenvalue weighted by Crippen LogP contribution is 2.19. The minimum Gasteiger partial charge on any atom is -0.301 e. The van der Waals surface area contributed by atoms with E-state index < -0.39 is 0 Å². The van der Waals surface area contributed by atoms with Crippen molar-refractivity contribution in [3.63, 3.8) is 0 Å². The third kappa shape index (κ3) is 4.21. The Morgan fingerprint density at radius 3 is 2.41 bits per heavy atom. The van der Waals surface area contributed by atoms with Crippen LogP contribution in [0.3, 0.4) is 0 Å². The first kappa shape index (κ1) is 16.3. The quantitative estimate of drug-likeness (QED) is 0.828. The van der Waals surface area contributed by atoms with Crippen molar-refractivity contribution in [1.29, 1.82) is 0 Å². The molecular formula is C16H19N3O2S. The Balaban J connectivity index is 1.87. The summed E-state index contributed by atoms with van der Waals surface area (Å²) >= 11 is 1.27. The highest BCUT2D eigenvalue weighted by Gasteiger charge is 2.13. The van der Waals surface area contributed by atoms with Crippen molar-refractivity contribution in [2.75, 3.05) is 5.32 Å². The third-order valence-electron chi connectivity index (χ3n) is 3.37. The first-order valence-corrected chi connectivity index (χ1v) is 8.02. The van der Waals surface area contributed by atoms with Gasteiger partial charge in [-0.05, 0) is 38.3 Å². The van der Waals surface area contributed by atoms with Crippen LogP contribution >= 0.6 is 11.3 Å². The molecule has 0 radical (unpaired) electrons. The molecule has 0 bridgehead atoms. The summed E-state index contributed by atoms with van der Waals surface area (Å²) < 4.78 is 0. The van der Waals surface area contributed by atoms with Crippen LogP contribution in [0.4, 0.5) is 5.13 Å². The van der Waals surface area contributed by atoms with E-state index in [1.807, 2.05) is 32.9 Å². The molecule has 1 amide bonds. The van der Waals surface area contributed by atoms with Crippen molar-refractivity contribution in [1.82, 2.24) is 10.2 Å². The van der Waals surface area contributed by atoms with Crippen molar-refractivity contribution < 1.29 is 9.59 Å². The number of rotatable bonds is 6. The fraction of sp³-hybridized carbons (Fsp3) is 0.375. The molecule has 2 rings (SSSR count). The molecule has 0 aliphatic carbocycles. The van der Waals surface area contributed by atoms with Crippen LogP contribution in [-0.4, -0.2) is 21.9 Å². The first-order chi connectivity index (χ1) is 10.5. The maximum absolute atomic E-state index is 12.3. The summed E-state index contributed by atoms with van der Waals surface area (Å²) in [6.07, 6.45) is 1.19. The van der Waals surface area contributed by atoms with Crippen molar-refractivity contribution >= 4 is 28.2 Å². The highest BCUT2D eigenvalue weighted by molar-refractivity contribution is 7.13. The number of benzene rings is 1. The van der Waals surface area contributed by atoms with E-state index in [0.29, 0.717) is 24.4 Å². The number of Topliss-reactive ketones (excluding diaryl/α,β-unsaturated/α-hetero) is 1. The minimum absolute atomic E-state index is 0.0960. The predicted octanol–water partition coefficient (Wildman–Crippen LogP) is 3.46. The van der Waals surface area contributed by atoms with Crippen molar-refractivity contribution in [3.8, 4) is 0 Å². The number of hydrogen-bond acceptors (Lipinski definition) is 5. The first-order valence-electron chi connectivity index (χ1n) is 7.14. The largest absolute Gasteiger partial charge is 0.301 e. The van der Waals surface area contributed by atoms with Gasteiger partial charge in [0.1, 0.15) is 5.51 Å². The summed E-state index contributed by atoms with van der Waals surface area (Å²) in [5.41, 5.74) is 5.50. The van der Waals surface area contributed by atoms with Crippen LogP contribution in [0.5, 0.6) is 0 Å². The Morgan fingerprint density at radius 1 is 1.14 bits per heavy atom. The van der Waals surface area contributed by atoms with E-state index in [0.717, 1.165) is 22.3 Å². The van der Waals surface area contributed by atoms with E-state index in [2.05, 4.69) is 15.5 Å². The lowest BCUT2D eigenvalue weighted by molar-refractivity contribution is -0.116. The zero-order valence-corrected chi connectivity index (χ0v) is 13.8. The van der Waals surface area contributed by atoms with Crippen LogP contribution in [0.2, 0.25) is 0 Å². The minimum atomic E-state index is -0.137. The Morgan fingerprint density at radius 2 is 1.82 bits per heavy atom. The maximum Gasteiger partial charge on any atom is 0.226 e. The van der Waals surface area contributed by atoms with Gasteiger partial charge in [-0.15, -0.1) is 10.2 Å². The van der Waals surface area contributed by atoms with E-state index in [-0.39, 0.29) is 11.7 Å². The number of ketones is 1. The molecule has 0 aliphatic rings. The second-order valence-electron chi connectivity index (χ2n) is 5.34. The molecule has 0 spiro atoms. The lowest BCUT2D eigenvalue weighted by Crippen LogP contribution is -2.12. The lowest BCUT2D eigenvalue weighted by atomic mass is 9.94. The van der Waals surface area contributed by atoms with Crippen LogP contribution in [0.1, 0.15) is 46.3 Å². The van der Waals surface area contributed by atoms with Crippen LogP contribution in [0.15, 0.2) is 17.6 Å². The molecule has 0 fully saturated rings. The van der Waals surface area contributed by atoms with Gasteiger partial charge in [0.2, 0.25) is 11.0 Å². The smallest absolute Gasteiger partial charge is 0.226 e. The van der Waals surface area contributed by atoms with Gasteiger partial charge in [-0.25, -0.2) is 0 Å². The number of aryl methyl sites for hydroxylation is 3. The third-order valence-corrected chi connectivity index (χ3v) is 3.98. The average Bonchev–Trinajstić information content (AvgIpc) is 2.90. The van der Waals surface area contributed by atoms with E-state index in [9.17, 15) is 9.59 Å². The molecule has 2 aromatic rings. The van der Waals surface area contributed by atoms with Crippen LogP contribution in [0.25, 0.3) is 0 Å². The molecule has 22 heavy (non-hydrogen) atoms. The van der Waals surface area contributed by atoms with Gasteiger partial charge in [0.15, 0.2) is 5.78 Å². The zero-order valence-electron chi connectivity index (χ0n) is 13.0. The number of amides is 1. The lowest BCUT2D eigenvalue weighted by Gasteiger charge is -2.10. The van der Waals surface area contributed by atoms with E-state index in [1.165, 1.54) is 11.3 Å². The van der Waals surface area contributed by atoms with Crippen molar-refractivity contribution in [2.24, 2.45) is 0 Å². The van der Waals surface area contributed by atoms with Gasteiger partial charge in [-0.1, -0.05) is 29.0 Å². The molecule has 0 saturated heterocycles. The van der Waals surface area contributed by atoms with Crippen LogP contribution in [-0.2, 0) is 4.79 Å². The zero-order chi connectivity index (χ0) is 16.1. The average molecular weight is 317 g/mol. The van der Waals surface area contributed by atoms with Gasteiger partial charge < -0.3 is 5.32 Å². The Hall–Kier alpha value is -2.08. The summed E-state index contributed by atoms with van der Waals surface area (Å²) in [5, 5.41) is 10.5. The molecule has 1 N–H and O–H groups in total. The summed E-state index contributed by atoms with van der Waals surface area (Å²) in [6, 6.07) is 4.03. The number of carbonyl (C=O) groups is 2. The van der Waals surface area contributed by atoms with Crippen molar-refractivity contribution in [2.45, 2.75) is 40.0 Å². The molecule has 0 aliphatic heterocycles. The Kier molecular flexibility index (Phi) is 5.38. The molecule has 5 nitrogen and oxygen atoms in total. The Bertz CT molecular complexity index is 658. The monoisotopic (exact) mass is 317 g/mol. The molecule has 116 valence electrons. The SMILES string of the molecule is Cc1cc(C)c(C(=O)CCCC(=O)Nc2nncs2)c(C)c1. The highest BCUT2D eigenvalue weighted by atomic mass is 32.1. The van der Waals surface area contributed by atoms with Gasteiger partial charge in [-0.2, -0.15) is 0 Å². The summed E-state index contributed by atoms with van der Waals surface area (Å²) in [6.45, 7) is 5.93. The molecule has 6 heteroatoms. The molecule has 0 saturated carbocycles. The van der Waals surface area contributed by atoms with Crippen molar-refractivity contribution in [3.05, 3.63) is 39.9 Å². The fourth-order valence-corrected chi connectivity index (χ4v) is 3.02. The maximum atomic E-state index is 12.3. The van der Waals surface area contributed by atoms with E-state index >= 15 is 0 Å². The number of anilines is 1. The van der Waals surface area contributed by atoms with Gasteiger partial charge in [0.05, 0.1) is 0 Å². The molecule has 1 aromatic heterocycles. The summed E-state index contributed by atoms with van der Waals surface area (Å²) in [7, 11) is 0. The second-order valence-corrected chi connectivity index (χ2v) is 6.18. The van der Waals surface area contributed by atoms with Gasteiger partial charge in [0, 0.05) is 18.4 Å².